The lowest BCUT2D eigenvalue weighted by molar-refractivity contribution is -0.117. The van der Waals surface area contributed by atoms with Crippen molar-refractivity contribution in [3.8, 4) is 0 Å². The van der Waals surface area contributed by atoms with Gasteiger partial charge in [-0.15, -0.1) is 0 Å². The van der Waals surface area contributed by atoms with E-state index in [1.807, 2.05) is 30.3 Å². The van der Waals surface area contributed by atoms with Crippen LogP contribution in [0.25, 0.3) is 0 Å². The number of amides is 1. The second-order valence-corrected chi connectivity index (χ2v) is 6.29. The van der Waals surface area contributed by atoms with Gasteiger partial charge in [0, 0.05) is 16.7 Å². The highest BCUT2D eigenvalue weighted by Crippen LogP contribution is 2.33. The molecule has 3 nitrogen and oxygen atoms in total. The molecule has 1 heterocycles. The molecule has 0 aromatic heterocycles. The van der Waals surface area contributed by atoms with Gasteiger partial charge in [0.1, 0.15) is 0 Å². The Morgan fingerprint density at radius 2 is 2.10 bits per heavy atom. The molecule has 0 radical (unpaired) electrons. The monoisotopic (exact) mass is 364 g/mol. The topological polar surface area (TPSA) is 41.1 Å². The van der Waals surface area contributed by atoms with Crippen molar-refractivity contribution < 1.29 is 4.79 Å². The zero-order valence-electron chi connectivity index (χ0n) is 11.2. The van der Waals surface area contributed by atoms with Crippen LogP contribution >= 0.6 is 27.5 Å². The number of hydrogen-bond acceptors (Lipinski definition) is 2. The zero-order chi connectivity index (χ0) is 14.8. The van der Waals surface area contributed by atoms with E-state index >= 15 is 0 Å². The Bertz CT molecular complexity index is 690. The van der Waals surface area contributed by atoms with Gasteiger partial charge in [0.25, 0.3) is 0 Å². The zero-order valence-corrected chi connectivity index (χ0v) is 13.5. The summed E-state index contributed by atoms with van der Waals surface area (Å²) in [6.45, 7) is 0.795. The number of carbonyl (C=O) groups excluding carboxylic acids is 1. The lowest BCUT2D eigenvalue weighted by atomic mass is 9.90. The Morgan fingerprint density at radius 1 is 1.29 bits per heavy atom. The Morgan fingerprint density at radius 3 is 2.90 bits per heavy atom. The molecule has 1 amide bonds. The summed E-state index contributed by atoms with van der Waals surface area (Å²) in [6.07, 6.45) is 0.775. The Balaban J connectivity index is 1.83. The molecule has 0 saturated carbocycles. The van der Waals surface area contributed by atoms with Gasteiger partial charge in [0.05, 0.1) is 16.6 Å². The SMILES string of the molecule is O=C(Nc1ccc(Br)cc1Cl)C1CCNc2ccccc21. The Labute approximate surface area is 136 Å². The van der Waals surface area contributed by atoms with Crippen molar-refractivity contribution in [1.29, 1.82) is 0 Å². The number of hydrogen-bond donors (Lipinski definition) is 2. The predicted molar refractivity (Wildman–Crippen MR) is 90.1 cm³/mol. The molecule has 1 aliphatic heterocycles. The van der Waals surface area contributed by atoms with E-state index in [4.69, 9.17) is 11.6 Å². The smallest absolute Gasteiger partial charge is 0.232 e. The normalized spacial score (nSPS) is 16.8. The highest BCUT2D eigenvalue weighted by Gasteiger charge is 2.26. The van der Waals surface area contributed by atoms with Gasteiger partial charge >= 0.3 is 0 Å². The molecule has 1 unspecified atom stereocenters. The molecule has 1 aliphatic rings. The summed E-state index contributed by atoms with van der Waals surface area (Å²) in [6, 6.07) is 13.4. The maximum absolute atomic E-state index is 12.6. The molecule has 0 fully saturated rings. The highest BCUT2D eigenvalue weighted by molar-refractivity contribution is 9.10. The molecule has 2 aromatic rings. The van der Waals surface area contributed by atoms with Crippen LogP contribution in [0.15, 0.2) is 46.9 Å². The first kappa shape index (κ1) is 14.4. The fourth-order valence-corrected chi connectivity index (χ4v) is 3.27. The van der Waals surface area contributed by atoms with Gasteiger partial charge in [-0.1, -0.05) is 45.7 Å². The summed E-state index contributed by atoms with van der Waals surface area (Å²) in [4.78, 5) is 12.6. The van der Waals surface area contributed by atoms with Crippen LogP contribution in [0, 0.1) is 0 Å². The van der Waals surface area contributed by atoms with Crippen molar-refractivity contribution in [3.05, 3.63) is 57.5 Å². The van der Waals surface area contributed by atoms with Crippen molar-refractivity contribution >= 4 is 44.8 Å². The van der Waals surface area contributed by atoms with Crippen LogP contribution in [0.3, 0.4) is 0 Å². The molecule has 0 bridgehead atoms. The van der Waals surface area contributed by atoms with Crippen LogP contribution in [-0.4, -0.2) is 12.5 Å². The minimum atomic E-state index is -0.151. The molecule has 5 heteroatoms. The molecule has 0 spiro atoms. The maximum Gasteiger partial charge on any atom is 0.232 e. The first-order valence-electron chi connectivity index (χ1n) is 6.74. The Hall–Kier alpha value is -1.52. The third-order valence-electron chi connectivity index (χ3n) is 3.59. The second kappa shape index (κ2) is 6.08. The number of fused-ring (bicyclic) bond motifs is 1. The van der Waals surface area contributed by atoms with E-state index in [0.29, 0.717) is 10.7 Å². The molecule has 21 heavy (non-hydrogen) atoms. The van der Waals surface area contributed by atoms with Crippen LogP contribution in [0.4, 0.5) is 11.4 Å². The van der Waals surface area contributed by atoms with Crippen molar-refractivity contribution in [2.75, 3.05) is 17.2 Å². The number of nitrogens with one attached hydrogen (secondary N) is 2. The van der Waals surface area contributed by atoms with Gasteiger partial charge in [-0.3, -0.25) is 4.79 Å². The van der Waals surface area contributed by atoms with E-state index < -0.39 is 0 Å². The summed E-state index contributed by atoms with van der Waals surface area (Å²) in [7, 11) is 0. The van der Waals surface area contributed by atoms with Crippen molar-refractivity contribution in [2.24, 2.45) is 0 Å². The number of anilines is 2. The summed E-state index contributed by atoms with van der Waals surface area (Å²) >= 11 is 9.51. The lowest BCUT2D eigenvalue weighted by Crippen LogP contribution is -2.27. The van der Waals surface area contributed by atoms with Crippen LogP contribution in [-0.2, 0) is 4.79 Å². The molecular formula is C16H14BrClN2O. The quantitative estimate of drug-likeness (QED) is 0.814. The molecule has 3 rings (SSSR count). The van der Waals surface area contributed by atoms with Gasteiger partial charge in [-0.05, 0) is 36.2 Å². The summed E-state index contributed by atoms with van der Waals surface area (Å²) in [5, 5.41) is 6.77. The van der Waals surface area contributed by atoms with E-state index in [9.17, 15) is 4.79 Å². The second-order valence-electron chi connectivity index (χ2n) is 4.97. The fourth-order valence-electron chi connectivity index (χ4n) is 2.55. The standard InChI is InChI=1S/C16H14BrClN2O/c17-10-5-6-15(13(18)9-10)20-16(21)12-7-8-19-14-4-2-1-3-11(12)14/h1-6,9,12,19H,7-8H2,(H,20,21). The number of rotatable bonds is 2. The van der Waals surface area contributed by atoms with Crippen molar-refractivity contribution in [1.82, 2.24) is 0 Å². The van der Waals surface area contributed by atoms with E-state index in [2.05, 4.69) is 26.6 Å². The molecule has 0 aliphatic carbocycles. The van der Waals surface area contributed by atoms with Crippen LogP contribution in [0.2, 0.25) is 5.02 Å². The predicted octanol–water partition coefficient (Wildman–Crippen LogP) is 4.64. The minimum Gasteiger partial charge on any atom is -0.385 e. The number of benzene rings is 2. The van der Waals surface area contributed by atoms with Crippen molar-refractivity contribution in [3.63, 3.8) is 0 Å². The van der Waals surface area contributed by atoms with E-state index in [0.717, 1.165) is 28.7 Å². The minimum absolute atomic E-state index is 0.0202. The largest absolute Gasteiger partial charge is 0.385 e. The van der Waals surface area contributed by atoms with Gasteiger partial charge in [-0.2, -0.15) is 0 Å². The van der Waals surface area contributed by atoms with Gasteiger partial charge < -0.3 is 10.6 Å². The first-order chi connectivity index (χ1) is 10.1. The highest BCUT2D eigenvalue weighted by atomic mass is 79.9. The van der Waals surface area contributed by atoms with Crippen LogP contribution in [0.1, 0.15) is 17.9 Å². The van der Waals surface area contributed by atoms with Gasteiger partial charge in [0.15, 0.2) is 0 Å². The lowest BCUT2D eigenvalue weighted by Gasteiger charge is -2.26. The maximum atomic E-state index is 12.6. The average Bonchev–Trinajstić information content (AvgIpc) is 2.49. The van der Waals surface area contributed by atoms with E-state index in [1.165, 1.54) is 0 Å². The molecule has 2 aromatic carbocycles. The number of halogens is 2. The number of carbonyl (C=O) groups is 1. The summed E-state index contributed by atoms with van der Waals surface area (Å²) in [5.74, 6) is -0.171. The first-order valence-corrected chi connectivity index (χ1v) is 7.91. The average molecular weight is 366 g/mol. The molecule has 0 saturated heterocycles. The summed E-state index contributed by atoms with van der Waals surface area (Å²) in [5.41, 5.74) is 2.71. The van der Waals surface area contributed by atoms with Gasteiger partial charge in [-0.25, -0.2) is 0 Å². The third-order valence-corrected chi connectivity index (χ3v) is 4.40. The molecule has 1 atom stereocenters. The summed E-state index contributed by atoms with van der Waals surface area (Å²) < 4.78 is 0.887. The van der Waals surface area contributed by atoms with E-state index in [1.54, 1.807) is 12.1 Å². The Kier molecular flexibility index (Phi) is 4.17. The van der Waals surface area contributed by atoms with Crippen molar-refractivity contribution in [2.45, 2.75) is 12.3 Å². The van der Waals surface area contributed by atoms with Crippen LogP contribution < -0.4 is 10.6 Å². The van der Waals surface area contributed by atoms with E-state index in [-0.39, 0.29) is 11.8 Å². The fraction of sp³-hybridized carbons (Fsp3) is 0.188. The number of para-hydroxylation sites is 1. The molecule has 2 N–H and O–H groups in total. The van der Waals surface area contributed by atoms with Gasteiger partial charge in [0.2, 0.25) is 5.91 Å². The molecule has 108 valence electrons. The molecular weight excluding hydrogens is 352 g/mol. The van der Waals surface area contributed by atoms with Crippen LogP contribution in [0.5, 0.6) is 0 Å². The third kappa shape index (κ3) is 3.06.